The number of rotatable bonds is 6. The molecule has 2 saturated heterocycles. The van der Waals surface area contributed by atoms with Gasteiger partial charge in [0.05, 0.1) is 25.9 Å². The van der Waals surface area contributed by atoms with Crippen molar-refractivity contribution in [3.8, 4) is 0 Å². The third-order valence-electron chi connectivity index (χ3n) is 4.94. The molecule has 0 radical (unpaired) electrons. The first-order valence-electron chi connectivity index (χ1n) is 9.12. The van der Waals surface area contributed by atoms with Crippen LogP contribution in [-0.4, -0.2) is 82.5 Å². The van der Waals surface area contributed by atoms with Crippen molar-refractivity contribution in [2.75, 3.05) is 66.7 Å². The highest BCUT2D eigenvalue weighted by Gasteiger charge is 2.25. The second-order valence-corrected chi connectivity index (χ2v) is 7.70. The number of morpholine rings is 1. The fraction of sp³-hybridized carbons (Fsp3) is 0.722. The summed E-state index contributed by atoms with van der Waals surface area (Å²) < 4.78 is 11.0. The van der Waals surface area contributed by atoms with Gasteiger partial charge >= 0.3 is 0 Å². The Kier molecular flexibility index (Phi) is 9.62. The summed E-state index contributed by atoms with van der Waals surface area (Å²) in [5, 5.41) is 5.74. The minimum atomic E-state index is 0. The molecular weight excluding hydrogens is 463 g/mol. The molecule has 2 aliphatic heterocycles. The summed E-state index contributed by atoms with van der Waals surface area (Å²) in [6.45, 7) is 7.21. The SMILES string of the molecule is CN=C(NCC(c1cccs1)N1CCOCC1)N(C)CC1CCOC1.I. The molecule has 26 heavy (non-hydrogen) atoms. The summed E-state index contributed by atoms with van der Waals surface area (Å²) in [6.07, 6.45) is 1.15. The normalized spacial score (nSPS) is 22.7. The van der Waals surface area contributed by atoms with Crippen molar-refractivity contribution >= 4 is 41.3 Å². The number of hydrogen-bond donors (Lipinski definition) is 1. The summed E-state index contributed by atoms with van der Waals surface area (Å²) in [5.74, 6) is 1.57. The maximum absolute atomic E-state index is 5.52. The molecule has 0 aromatic carbocycles. The first-order valence-corrected chi connectivity index (χ1v) is 10.0. The molecule has 2 aliphatic rings. The Morgan fingerprint density at radius 2 is 2.19 bits per heavy atom. The van der Waals surface area contributed by atoms with Crippen LogP contribution in [0.3, 0.4) is 0 Å². The van der Waals surface area contributed by atoms with E-state index in [1.54, 1.807) is 0 Å². The van der Waals surface area contributed by atoms with Crippen LogP contribution in [0.2, 0.25) is 0 Å². The molecule has 6 nitrogen and oxygen atoms in total. The first-order chi connectivity index (χ1) is 12.3. The molecule has 2 atom stereocenters. The predicted octanol–water partition coefficient (Wildman–Crippen LogP) is 2.28. The topological polar surface area (TPSA) is 49.3 Å². The quantitative estimate of drug-likeness (QED) is 0.374. The molecular formula is C18H31IN4O2S. The number of nitrogens with zero attached hydrogens (tertiary/aromatic N) is 3. The van der Waals surface area contributed by atoms with Crippen molar-refractivity contribution in [2.45, 2.75) is 12.5 Å². The minimum Gasteiger partial charge on any atom is -0.381 e. The minimum absolute atomic E-state index is 0. The van der Waals surface area contributed by atoms with Gasteiger partial charge in [0, 0.05) is 57.7 Å². The molecule has 1 aromatic heterocycles. The molecule has 1 N–H and O–H groups in total. The molecule has 148 valence electrons. The van der Waals surface area contributed by atoms with Gasteiger partial charge in [0.1, 0.15) is 0 Å². The smallest absolute Gasteiger partial charge is 0.193 e. The van der Waals surface area contributed by atoms with Gasteiger partial charge in [-0.3, -0.25) is 9.89 Å². The molecule has 3 heterocycles. The van der Waals surface area contributed by atoms with E-state index in [1.807, 2.05) is 18.4 Å². The zero-order valence-electron chi connectivity index (χ0n) is 15.7. The maximum Gasteiger partial charge on any atom is 0.193 e. The number of halogens is 1. The van der Waals surface area contributed by atoms with Gasteiger partial charge in [-0.1, -0.05) is 6.07 Å². The molecule has 1 aromatic rings. The van der Waals surface area contributed by atoms with Crippen LogP contribution in [0.25, 0.3) is 0 Å². The van der Waals surface area contributed by atoms with Crippen LogP contribution in [-0.2, 0) is 9.47 Å². The number of aliphatic imine (C=N–C) groups is 1. The van der Waals surface area contributed by atoms with E-state index in [0.717, 1.165) is 65.0 Å². The Morgan fingerprint density at radius 3 is 2.81 bits per heavy atom. The molecule has 0 bridgehead atoms. The number of nitrogens with one attached hydrogen (secondary N) is 1. The van der Waals surface area contributed by atoms with Gasteiger partial charge in [0.15, 0.2) is 5.96 Å². The average molecular weight is 494 g/mol. The lowest BCUT2D eigenvalue weighted by Gasteiger charge is -2.35. The molecule has 0 spiro atoms. The van der Waals surface area contributed by atoms with Gasteiger partial charge in [-0.25, -0.2) is 0 Å². The summed E-state index contributed by atoms with van der Waals surface area (Å²) in [5.41, 5.74) is 0. The van der Waals surface area contributed by atoms with E-state index in [2.05, 4.69) is 44.7 Å². The second-order valence-electron chi connectivity index (χ2n) is 6.72. The first kappa shape index (κ1) is 21.9. The largest absolute Gasteiger partial charge is 0.381 e. The van der Waals surface area contributed by atoms with Gasteiger partial charge in [0.25, 0.3) is 0 Å². The number of hydrogen-bond acceptors (Lipinski definition) is 5. The molecule has 0 amide bonds. The van der Waals surface area contributed by atoms with E-state index in [-0.39, 0.29) is 24.0 Å². The highest BCUT2D eigenvalue weighted by atomic mass is 127. The molecule has 3 rings (SSSR count). The van der Waals surface area contributed by atoms with Gasteiger partial charge in [-0.2, -0.15) is 0 Å². The summed E-state index contributed by atoms with van der Waals surface area (Å²) in [4.78, 5) is 10.6. The van der Waals surface area contributed by atoms with Crippen LogP contribution in [0, 0.1) is 5.92 Å². The predicted molar refractivity (Wildman–Crippen MR) is 118 cm³/mol. The van der Waals surface area contributed by atoms with Crippen molar-refractivity contribution < 1.29 is 9.47 Å². The van der Waals surface area contributed by atoms with Crippen LogP contribution in [0.5, 0.6) is 0 Å². The molecule has 2 fully saturated rings. The van der Waals surface area contributed by atoms with Crippen molar-refractivity contribution in [1.29, 1.82) is 0 Å². The Bertz CT molecular complexity index is 531. The third-order valence-corrected chi connectivity index (χ3v) is 5.91. The third kappa shape index (κ3) is 6.05. The van der Waals surface area contributed by atoms with Gasteiger partial charge in [0.2, 0.25) is 0 Å². The summed E-state index contributed by atoms with van der Waals surface area (Å²) >= 11 is 1.83. The average Bonchev–Trinajstić information content (AvgIpc) is 3.33. The van der Waals surface area contributed by atoms with Crippen molar-refractivity contribution in [3.05, 3.63) is 22.4 Å². The zero-order valence-corrected chi connectivity index (χ0v) is 18.9. The van der Waals surface area contributed by atoms with Crippen molar-refractivity contribution in [1.82, 2.24) is 15.1 Å². The van der Waals surface area contributed by atoms with Crippen molar-refractivity contribution in [3.63, 3.8) is 0 Å². The lowest BCUT2D eigenvalue weighted by atomic mass is 10.1. The Morgan fingerprint density at radius 1 is 1.38 bits per heavy atom. The van der Waals surface area contributed by atoms with Gasteiger partial charge in [-0.05, 0) is 17.9 Å². The fourth-order valence-electron chi connectivity index (χ4n) is 3.55. The standard InChI is InChI=1S/C18H30N4O2S.HI/c1-19-18(21(2)13-15-5-8-24-14-15)20-12-16(17-4-3-11-25-17)22-6-9-23-10-7-22;/h3-4,11,15-16H,5-10,12-14H2,1-2H3,(H,19,20);1H. The summed E-state index contributed by atoms with van der Waals surface area (Å²) in [6, 6.07) is 4.73. The zero-order chi connectivity index (χ0) is 17.5. The lowest BCUT2D eigenvalue weighted by Crippen LogP contribution is -2.47. The van der Waals surface area contributed by atoms with Gasteiger partial charge < -0.3 is 19.7 Å². The fourth-order valence-corrected chi connectivity index (χ4v) is 4.41. The van der Waals surface area contributed by atoms with Crippen molar-refractivity contribution in [2.24, 2.45) is 10.9 Å². The van der Waals surface area contributed by atoms with E-state index in [1.165, 1.54) is 4.88 Å². The van der Waals surface area contributed by atoms with Gasteiger partial charge in [-0.15, -0.1) is 35.3 Å². The van der Waals surface area contributed by atoms with E-state index in [0.29, 0.717) is 12.0 Å². The number of thiophene rings is 1. The van der Waals surface area contributed by atoms with Crippen LogP contribution in [0.1, 0.15) is 17.3 Å². The Balaban J connectivity index is 0.00000243. The number of ether oxygens (including phenoxy) is 2. The second kappa shape index (κ2) is 11.4. The van der Waals surface area contributed by atoms with E-state index in [9.17, 15) is 0 Å². The van der Waals surface area contributed by atoms with Crippen LogP contribution in [0.15, 0.2) is 22.5 Å². The monoisotopic (exact) mass is 494 g/mol. The van der Waals surface area contributed by atoms with Crippen LogP contribution < -0.4 is 5.32 Å². The molecule has 2 unspecified atom stereocenters. The molecule has 0 aliphatic carbocycles. The maximum atomic E-state index is 5.52. The lowest BCUT2D eigenvalue weighted by molar-refractivity contribution is 0.0176. The van der Waals surface area contributed by atoms with E-state index >= 15 is 0 Å². The highest BCUT2D eigenvalue weighted by molar-refractivity contribution is 14.0. The Hall–Kier alpha value is -0.420. The van der Waals surface area contributed by atoms with E-state index in [4.69, 9.17) is 9.47 Å². The Labute approximate surface area is 178 Å². The molecule has 8 heteroatoms. The molecule has 0 saturated carbocycles. The van der Waals surface area contributed by atoms with Crippen LogP contribution in [0.4, 0.5) is 0 Å². The summed E-state index contributed by atoms with van der Waals surface area (Å²) in [7, 11) is 3.97. The highest BCUT2D eigenvalue weighted by Crippen LogP contribution is 2.25. The van der Waals surface area contributed by atoms with E-state index < -0.39 is 0 Å². The van der Waals surface area contributed by atoms with Crippen LogP contribution >= 0.6 is 35.3 Å². The number of guanidine groups is 1.